The molecule has 1 unspecified atom stereocenters. The smallest absolute Gasteiger partial charge is 0.345 e. The lowest BCUT2D eigenvalue weighted by atomic mass is 9.97. The van der Waals surface area contributed by atoms with Gasteiger partial charge in [-0.25, -0.2) is 9.48 Å². The Labute approximate surface area is 164 Å². The number of benzene rings is 1. The number of fused-ring (bicyclic) bond motifs is 1. The summed E-state index contributed by atoms with van der Waals surface area (Å²) >= 11 is 0. The summed E-state index contributed by atoms with van der Waals surface area (Å²) in [6, 6.07) is 8.11. The Morgan fingerprint density at radius 2 is 2.04 bits per heavy atom. The first kappa shape index (κ1) is 18.7. The standard InChI is InChI=1S/C20H27N5O3/c1-22-20(27)25-14-16(6-7-18(25)21-22)19(26)24-10-8-23(9-11-24)13-15-4-3-5-17(12-15)28-2/h3-5,12,16H,6-11,13-14H2,1-2H3. The summed E-state index contributed by atoms with van der Waals surface area (Å²) in [6.07, 6.45) is 1.45. The second-order valence-electron chi connectivity index (χ2n) is 7.62. The summed E-state index contributed by atoms with van der Waals surface area (Å²) in [5.41, 5.74) is 1.09. The van der Waals surface area contributed by atoms with Crippen LogP contribution in [0.4, 0.5) is 0 Å². The van der Waals surface area contributed by atoms with Gasteiger partial charge in [0.1, 0.15) is 11.6 Å². The van der Waals surface area contributed by atoms with Crippen molar-refractivity contribution in [2.45, 2.75) is 25.9 Å². The van der Waals surface area contributed by atoms with Crippen molar-refractivity contribution in [2.24, 2.45) is 13.0 Å². The number of rotatable bonds is 4. The van der Waals surface area contributed by atoms with Crippen LogP contribution in [0.25, 0.3) is 0 Å². The van der Waals surface area contributed by atoms with E-state index in [0.717, 1.165) is 50.7 Å². The van der Waals surface area contributed by atoms with Gasteiger partial charge in [0.2, 0.25) is 5.91 Å². The van der Waals surface area contributed by atoms with Crippen LogP contribution in [-0.2, 0) is 31.4 Å². The summed E-state index contributed by atoms with van der Waals surface area (Å²) in [5, 5.41) is 4.25. The zero-order valence-corrected chi connectivity index (χ0v) is 16.5. The maximum Gasteiger partial charge on any atom is 0.345 e. The first-order chi connectivity index (χ1) is 13.5. The molecule has 8 nitrogen and oxygen atoms in total. The predicted octanol–water partition coefficient (Wildman–Crippen LogP) is 0.497. The molecule has 28 heavy (non-hydrogen) atoms. The van der Waals surface area contributed by atoms with Crippen molar-refractivity contribution < 1.29 is 9.53 Å². The van der Waals surface area contributed by atoms with Crippen LogP contribution >= 0.6 is 0 Å². The van der Waals surface area contributed by atoms with Crippen molar-refractivity contribution in [1.29, 1.82) is 0 Å². The van der Waals surface area contributed by atoms with Gasteiger partial charge in [-0.1, -0.05) is 12.1 Å². The fraction of sp³-hybridized carbons (Fsp3) is 0.550. The summed E-state index contributed by atoms with van der Waals surface area (Å²) in [6.45, 7) is 4.48. The van der Waals surface area contributed by atoms with E-state index in [-0.39, 0.29) is 17.5 Å². The van der Waals surface area contributed by atoms with Crippen LogP contribution in [-0.4, -0.2) is 63.3 Å². The average molecular weight is 385 g/mol. The monoisotopic (exact) mass is 385 g/mol. The van der Waals surface area contributed by atoms with E-state index in [2.05, 4.69) is 22.1 Å². The molecular formula is C20H27N5O3. The first-order valence-corrected chi connectivity index (χ1v) is 9.82. The fourth-order valence-corrected chi connectivity index (χ4v) is 4.15. The average Bonchev–Trinajstić information content (AvgIpc) is 3.01. The van der Waals surface area contributed by atoms with Crippen molar-refractivity contribution in [3.8, 4) is 5.75 Å². The van der Waals surface area contributed by atoms with Gasteiger partial charge in [-0.3, -0.25) is 14.3 Å². The molecule has 1 saturated heterocycles. The van der Waals surface area contributed by atoms with Crippen LogP contribution in [0.15, 0.2) is 29.1 Å². The Morgan fingerprint density at radius 3 is 2.79 bits per heavy atom. The van der Waals surface area contributed by atoms with E-state index < -0.39 is 0 Å². The van der Waals surface area contributed by atoms with E-state index >= 15 is 0 Å². The van der Waals surface area contributed by atoms with Crippen LogP contribution in [0.3, 0.4) is 0 Å². The van der Waals surface area contributed by atoms with Crippen LogP contribution in [0.2, 0.25) is 0 Å². The lowest BCUT2D eigenvalue weighted by Gasteiger charge is -2.37. The highest BCUT2D eigenvalue weighted by atomic mass is 16.5. The second kappa shape index (κ2) is 7.79. The van der Waals surface area contributed by atoms with E-state index in [9.17, 15) is 9.59 Å². The number of aromatic nitrogens is 3. The molecule has 4 rings (SSSR count). The first-order valence-electron chi connectivity index (χ1n) is 9.82. The molecule has 0 N–H and O–H groups in total. The van der Waals surface area contributed by atoms with Gasteiger partial charge in [-0.15, -0.1) is 0 Å². The molecular weight excluding hydrogens is 358 g/mol. The number of ether oxygens (including phenoxy) is 1. The Bertz CT molecular complexity index is 911. The maximum absolute atomic E-state index is 13.0. The molecule has 1 aromatic heterocycles. The second-order valence-corrected chi connectivity index (χ2v) is 7.62. The van der Waals surface area contributed by atoms with E-state index in [0.29, 0.717) is 13.0 Å². The zero-order valence-electron chi connectivity index (χ0n) is 16.5. The molecule has 1 atom stereocenters. The molecule has 0 saturated carbocycles. The summed E-state index contributed by atoms with van der Waals surface area (Å²) in [7, 11) is 3.34. The largest absolute Gasteiger partial charge is 0.497 e. The lowest BCUT2D eigenvalue weighted by molar-refractivity contribution is -0.138. The molecule has 2 aliphatic rings. The van der Waals surface area contributed by atoms with Gasteiger partial charge in [0, 0.05) is 52.7 Å². The third-order valence-electron chi connectivity index (χ3n) is 5.78. The molecule has 0 radical (unpaired) electrons. The molecule has 0 aliphatic carbocycles. The summed E-state index contributed by atoms with van der Waals surface area (Å²) in [5.74, 6) is 1.70. The van der Waals surface area contributed by atoms with E-state index in [1.54, 1.807) is 18.7 Å². The molecule has 2 aromatic rings. The molecule has 2 aliphatic heterocycles. The lowest BCUT2D eigenvalue weighted by Crippen LogP contribution is -2.51. The molecule has 1 amide bonds. The fourth-order valence-electron chi connectivity index (χ4n) is 4.15. The third kappa shape index (κ3) is 3.69. The zero-order chi connectivity index (χ0) is 19.7. The number of nitrogens with zero attached hydrogens (tertiary/aromatic N) is 5. The molecule has 1 aromatic carbocycles. The summed E-state index contributed by atoms with van der Waals surface area (Å²) < 4.78 is 8.31. The molecule has 1 fully saturated rings. The van der Waals surface area contributed by atoms with Crippen LogP contribution in [0.1, 0.15) is 17.8 Å². The highest BCUT2D eigenvalue weighted by molar-refractivity contribution is 5.79. The minimum absolute atomic E-state index is 0.126. The van der Waals surface area contributed by atoms with Crippen molar-refractivity contribution >= 4 is 5.91 Å². The molecule has 0 bridgehead atoms. The molecule has 3 heterocycles. The highest BCUT2D eigenvalue weighted by Gasteiger charge is 2.32. The van der Waals surface area contributed by atoms with E-state index in [4.69, 9.17) is 4.74 Å². The Kier molecular flexibility index (Phi) is 5.21. The number of amides is 1. The van der Waals surface area contributed by atoms with Gasteiger partial charge in [-0.05, 0) is 24.1 Å². The molecule has 8 heteroatoms. The maximum atomic E-state index is 13.0. The van der Waals surface area contributed by atoms with Gasteiger partial charge >= 0.3 is 5.69 Å². The predicted molar refractivity (Wildman–Crippen MR) is 104 cm³/mol. The quantitative estimate of drug-likeness (QED) is 0.766. The number of hydrogen-bond acceptors (Lipinski definition) is 5. The van der Waals surface area contributed by atoms with Gasteiger partial charge in [0.05, 0.1) is 13.0 Å². The number of hydrogen-bond donors (Lipinski definition) is 0. The number of methoxy groups -OCH3 is 1. The van der Waals surface area contributed by atoms with Crippen molar-refractivity contribution in [1.82, 2.24) is 24.1 Å². The van der Waals surface area contributed by atoms with E-state index in [1.807, 2.05) is 17.0 Å². The molecule has 150 valence electrons. The van der Waals surface area contributed by atoms with Gasteiger partial charge in [-0.2, -0.15) is 5.10 Å². The number of piperazine rings is 1. The van der Waals surface area contributed by atoms with Gasteiger partial charge in [0.25, 0.3) is 0 Å². The SMILES string of the molecule is COc1cccc(CN2CCN(C(=O)C3CCc4nn(C)c(=O)n4C3)CC2)c1. The minimum atomic E-state index is -0.129. The van der Waals surface area contributed by atoms with Crippen LogP contribution in [0, 0.1) is 5.92 Å². The topological polar surface area (TPSA) is 72.6 Å². The van der Waals surface area contributed by atoms with Crippen molar-refractivity contribution in [2.75, 3.05) is 33.3 Å². The Morgan fingerprint density at radius 1 is 1.25 bits per heavy atom. The number of carbonyl (C=O) groups excluding carboxylic acids is 1. The molecule has 0 spiro atoms. The normalized spacial score (nSPS) is 20.1. The van der Waals surface area contributed by atoms with E-state index in [1.165, 1.54) is 10.2 Å². The third-order valence-corrected chi connectivity index (χ3v) is 5.78. The number of aryl methyl sites for hydroxylation is 2. The van der Waals surface area contributed by atoms with Gasteiger partial charge < -0.3 is 9.64 Å². The summed E-state index contributed by atoms with van der Waals surface area (Å²) in [4.78, 5) is 29.4. The minimum Gasteiger partial charge on any atom is -0.497 e. The van der Waals surface area contributed by atoms with Crippen molar-refractivity contribution in [3.05, 3.63) is 46.1 Å². The Hall–Kier alpha value is -2.61. The number of carbonyl (C=O) groups is 1. The van der Waals surface area contributed by atoms with Crippen molar-refractivity contribution in [3.63, 3.8) is 0 Å². The van der Waals surface area contributed by atoms with Crippen LogP contribution in [0.5, 0.6) is 5.75 Å². The van der Waals surface area contributed by atoms with Gasteiger partial charge in [0.15, 0.2) is 0 Å². The van der Waals surface area contributed by atoms with Crippen LogP contribution < -0.4 is 10.4 Å². The highest BCUT2D eigenvalue weighted by Crippen LogP contribution is 2.21. The Balaban J connectivity index is 1.33.